The van der Waals surface area contributed by atoms with E-state index in [-0.39, 0.29) is 6.03 Å². The Morgan fingerprint density at radius 3 is 1.88 bits per heavy atom. The van der Waals surface area contributed by atoms with E-state index in [9.17, 15) is 9.59 Å². The molecule has 0 aliphatic carbocycles. The molecule has 8 heteroatoms. The first-order valence-electron chi connectivity index (χ1n) is 16.0. The van der Waals surface area contributed by atoms with Crippen LogP contribution in [0.2, 0.25) is 0 Å². The zero-order valence-corrected chi connectivity index (χ0v) is 26.8. The molecular weight excluding hydrogens is 544 g/mol. The van der Waals surface area contributed by atoms with Crippen LogP contribution in [0.25, 0.3) is 11.0 Å². The summed E-state index contributed by atoms with van der Waals surface area (Å²) in [6, 6.07) is 12.0. The highest BCUT2D eigenvalue weighted by atomic mass is 32.2. The van der Waals surface area contributed by atoms with Crippen LogP contribution < -0.4 is 4.74 Å². The molecule has 7 nitrogen and oxygen atoms in total. The summed E-state index contributed by atoms with van der Waals surface area (Å²) >= 11 is 1.62. The van der Waals surface area contributed by atoms with Gasteiger partial charge in [0.2, 0.25) is 0 Å². The van der Waals surface area contributed by atoms with Crippen molar-refractivity contribution in [3.63, 3.8) is 0 Å². The Kier molecular flexibility index (Phi) is 15.5. The predicted molar refractivity (Wildman–Crippen MR) is 174 cm³/mol. The van der Waals surface area contributed by atoms with Gasteiger partial charge >= 0.3 is 12.0 Å². The SMILES string of the molecule is CCCCCCCCCCCCCCCCCCN(C)C(=O)n1nnc2ccc(C(=O)Oc3ccc(SC)cc3)cc21. The largest absolute Gasteiger partial charge is 0.423 e. The molecule has 1 heterocycles. The molecule has 2 aromatic carbocycles. The third kappa shape index (κ3) is 11.4. The Balaban J connectivity index is 1.31. The smallest absolute Gasteiger partial charge is 0.346 e. The number of unbranched alkanes of at least 4 members (excludes halogenated alkanes) is 15. The molecule has 0 fully saturated rings. The van der Waals surface area contributed by atoms with Gasteiger partial charge in [-0.25, -0.2) is 9.59 Å². The second-order valence-electron chi connectivity index (χ2n) is 11.3. The number of carbonyl (C=O) groups excluding carboxylic acids is 2. The van der Waals surface area contributed by atoms with Crippen molar-refractivity contribution in [3.05, 3.63) is 48.0 Å². The van der Waals surface area contributed by atoms with E-state index in [0.29, 0.717) is 28.9 Å². The van der Waals surface area contributed by atoms with E-state index in [1.165, 1.54) is 94.6 Å². The van der Waals surface area contributed by atoms with Crippen molar-refractivity contribution in [1.82, 2.24) is 19.9 Å². The molecule has 1 amide bonds. The second-order valence-corrected chi connectivity index (χ2v) is 12.2. The Morgan fingerprint density at radius 1 is 0.786 bits per heavy atom. The molecule has 0 aliphatic heterocycles. The van der Waals surface area contributed by atoms with E-state index in [2.05, 4.69) is 17.2 Å². The summed E-state index contributed by atoms with van der Waals surface area (Å²) in [5.41, 5.74) is 1.39. The van der Waals surface area contributed by atoms with Crippen LogP contribution in [0.15, 0.2) is 47.4 Å². The number of hydrogen-bond donors (Lipinski definition) is 0. The molecule has 0 N–H and O–H groups in total. The van der Waals surface area contributed by atoms with E-state index in [1.54, 1.807) is 54.0 Å². The first kappa shape index (κ1) is 33.6. The molecule has 0 saturated heterocycles. The standard InChI is InChI=1S/C34H50N4O3S/c1-4-5-6-7-8-9-10-11-12-13-14-15-16-17-18-19-26-37(2)34(40)38-32-27-28(20-25-31(32)35-36-38)33(39)41-29-21-23-30(42-3)24-22-29/h20-25,27H,4-19,26H2,1-3H3. The minimum Gasteiger partial charge on any atom is -0.423 e. The van der Waals surface area contributed by atoms with Gasteiger partial charge in [-0.2, -0.15) is 4.68 Å². The number of carbonyl (C=O) groups is 2. The average molecular weight is 595 g/mol. The van der Waals surface area contributed by atoms with Gasteiger partial charge in [0.15, 0.2) is 0 Å². The van der Waals surface area contributed by atoms with Crippen molar-refractivity contribution in [3.8, 4) is 5.75 Å². The minimum atomic E-state index is -0.490. The lowest BCUT2D eigenvalue weighted by molar-refractivity contribution is 0.0734. The van der Waals surface area contributed by atoms with E-state index in [0.717, 1.165) is 17.7 Å². The molecule has 0 bridgehead atoms. The lowest BCUT2D eigenvalue weighted by Gasteiger charge is -2.16. The summed E-state index contributed by atoms with van der Waals surface area (Å²) in [4.78, 5) is 28.6. The van der Waals surface area contributed by atoms with Crippen molar-refractivity contribution in [2.75, 3.05) is 19.8 Å². The molecule has 230 valence electrons. The van der Waals surface area contributed by atoms with Gasteiger partial charge < -0.3 is 9.64 Å². The summed E-state index contributed by atoms with van der Waals surface area (Å²) in [5.74, 6) is -0.0188. The summed E-state index contributed by atoms with van der Waals surface area (Å²) in [6.45, 7) is 2.93. The van der Waals surface area contributed by atoms with Gasteiger partial charge in [0.25, 0.3) is 0 Å². The number of rotatable bonds is 20. The van der Waals surface area contributed by atoms with Crippen LogP contribution in [-0.2, 0) is 0 Å². The fourth-order valence-corrected chi connectivity index (χ4v) is 5.56. The van der Waals surface area contributed by atoms with Crippen molar-refractivity contribution in [2.45, 2.75) is 115 Å². The number of aromatic nitrogens is 3. The van der Waals surface area contributed by atoms with Crippen molar-refractivity contribution < 1.29 is 14.3 Å². The zero-order valence-electron chi connectivity index (χ0n) is 26.0. The predicted octanol–water partition coefficient (Wildman–Crippen LogP) is 9.53. The fourth-order valence-electron chi connectivity index (χ4n) is 5.15. The molecule has 42 heavy (non-hydrogen) atoms. The monoisotopic (exact) mass is 594 g/mol. The highest BCUT2D eigenvalue weighted by Gasteiger charge is 2.18. The topological polar surface area (TPSA) is 77.3 Å². The van der Waals surface area contributed by atoms with Crippen LogP contribution in [0.3, 0.4) is 0 Å². The average Bonchev–Trinajstić information content (AvgIpc) is 3.44. The number of esters is 1. The molecule has 0 spiro atoms. The number of nitrogens with zero attached hydrogens (tertiary/aromatic N) is 4. The molecule has 3 aromatic rings. The van der Waals surface area contributed by atoms with Gasteiger partial charge in [0.05, 0.1) is 5.56 Å². The van der Waals surface area contributed by atoms with Gasteiger partial charge in [0, 0.05) is 18.5 Å². The minimum absolute atomic E-state index is 0.253. The van der Waals surface area contributed by atoms with Crippen molar-refractivity contribution in [2.24, 2.45) is 0 Å². The second kappa shape index (κ2) is 19.3. The van der Waals surface area contributed by atoms with Gasteiger partial charge in [-0.1, -0.05) is 108 Å². The molecular formula is C34H50N4O3S. The molecule has 0 radical (unpaired) electrons. The van der Waals surface area contributed by atoms with Crippen LogP contribution in [-0.4, -0.2) is 51.7 Å². The maximum absolute atomic E-state index is 13.1. The Labute approximate surface area is 256 Å². The number of ether oxygens (including phenoxy) is 1. The van der Waals surface area contributed by atoms with E-state index < -0.39 is 5.97 Å². The van der Waals surface area contributed by atoms with Crippen molar-refractivity contribution in [1.29, 1.82) is 0 Å². The number of benzene rings is 2. The van der Waals surface area contributed by atoms with Crippen LogP contribution in [0.5, 0.6) is 5.75 Å². The number of hydrogen-bond acceptors (Lipinski definition) is 6. The quantitative estimate of drug-likeness (QED) is 0.0561. The molecule has 0 aliphatic rings. The van der Waals surface area contributed by atoms with Gasteiger partial charge in [-0.3, -0.25) is 0 Å². The Morgan fingerprint density at radius 2 is 1.33 bits per heavy atom. The van der Waals surface area contributed by atoms with Gasteiger partial charge in [0.1, 0.15) is 16.8 Å². The molecule has 3 rings (SSSR count). The lowest BCUT2D eigenvalue weighted by Crippen LogP contribution is -2.32. The zero-order chi connectivity index (χ0) is 30.0. The maximum atomic E-state index is 13.1. The van der Waals surface area contributed by atoms with Crippen LogP contribution in [0.4, 0.5) is 4.79 Å². The van der Waals surface area contributed by atoms with Crippen LogP contribution in [0.1, 0.15) is 120 Å². The number of fused-ring (bicyclic) bond motifs is 1. The lowest BCUT2D eigenvalue weighted by atomic mass is 10.0. The molecule has 0 atom stereocenters. The first-order valence-corrected chi connectivity index (χ1v) is 17.2. The maximum Gasteiger partial charge on any atom is 0.346 e. The summed E-state index contributed by atoms with van der Waals surface area (Å²) in [5, 5.41) is 8.18. The Hall–Kier alpha value is -2.87. The highest BCUT2D eigenvalue weighted by Crippen LogP contribution is 2.21. The summed E-state index contributed by atoms with van der Waals surface area (Å²) in [7, 11) is 1.79. The number of amides is 1. The third-order valence-corrected chi connectivity index (χ3v) is 8.55. The van der Waals surface area contributed by atoms with Crippen LogP contribution >= 0.6 is 11.8 Å². The van der Waals surface area contributed by atoms with Crippen molar-refractivity contribution >= 4 is 34.8 Å². The van der Waals surface area contributed by atoms with Crippen LogP contribution in [0, 0.1) is 0 Å². The molecule has 0 unspecified atom stereocenters. The third-order valence-electron chi connectivity index (χ3n) is 7.81. The number of thioether (sulfide) groups is 1. The van der Waals surface area contributed by atoms with E-state index in [1.807, 2.05) is 18.4 Å². The Bertz CT molecular complexity index is 1210. The van der Waals surface area contributed by atoms with Gasteiger partial charge in [-0.15, -0.1) is 16.9 Å². The van der Waals surface area contributed by atoms with E-state index >= 15 is 0 Å². The first-order chi connectivity index (χ1) is 20.5. The van der Waals surface area contributed by atoms with E-state index in [4.69, 9.17) is 4.74 Å². The molecule has 0 saturated carbocycles. The summed E-state index contributed by atoms with van der Waals surface area (Å²) in [6.07, 6.45) is 23.1. The molecule has 1 aromatic heterocycles. The van der Waals surface area contributed by atoms with Gasteiger partial charge in [-0.05, 0) is 55.1 Å². The normalized spacial score (nSPS) is 11.2. The summed E-state index contributed by atoms with van der Waals surface area (Å²) < 4.78 is 6.79. The fraction of sp³-hybridized carbons (Fsp3) is 0.588. The highest BCUT2D eigenvalue weighted by molar-refractivity contribution is 7.98.